The van der Waals surface area contributed by atoms with Gasteiger partial charge in [-0.2, -0.15) is 4.99 Å². The number of aromatic nitrogens is 2. The van der Waals surface area contributed by atoms with Crippen molar-refractivity contribution in [3.63, 3.8) is 0 Å². The Balaban J connectivity index is 1.25. The molecule has 6 N–H and O–H groups in total. The number of unbranched alkanes of at least 4 members (excludes halogenated alkanes) is 2. The first-order valence-corrected chi connectivity index (χ1v) is 11.1. The highest BCUT2D eigenvalue weighted by molar-refractivity contribution is 6.03. The molecular weight excluding hydrogens is 406 g/mol. The van der Waals surface area contributed by atoms with Crippen molar-refractivity contribution in [2.24, 2.45) is 21.5 Å². The van der Waals surface area contributed by atoms with Crippen molar-refractivity contribution in [2.75, 3.05) is 49.5 Å². The van der Waals surface area contributed by atoms with Crippen molar-refractivity contribution in [3.8, 4) is 0 Å². The predicted octanol–water partition coefficient (Wildman–Crippen LogP) is 1.03. The molecule has 0 radical (unpaired) electrons. The molecule has 0 atom stereocenters. The number of aromatic amines is 1. The van der Waals surface area contributed by atoms with Gasteiger partial charge in [0.25, 0.3) is 5.56 Å². The summed E-state index contributed by atoms with van der Waals surface area (Å²) in [6.07, 6.45) is 5.56. The average Bonchev–Trinajstić information content (AvgIpc) is 3.19. The minimum atomic E-state index is -0.150. The number of nitrogens with zero attached hydrogens (tertiary/aromatic N) is 5. The monoisotopic (exact) mass is 437 g/mol. The Morgan fingerprint density at radius 3 is 2.66 bits per heavy atom. The van der Waals surface area contributed by atoms with Crippen molar-refractivity contribution >= 4 is 29.1 Å². The lowest BCUT2D eigenvalue weighted by Crippen LogP contribution is -2.48. The van der Waals surface area contributed by atoms with Gasteiger partial charge in [0.2, 0.25) is 5.95 Å². The highest BCUT2D eigenvalue weighted by Crippen LogP contribution is 2.23. The number of piperazine rings is 1. The molecule has 2 aromatic rings. The van der Waals surface area contributed by atoms with Gasteiger partial charge in [-0.05, 0) is 31.0 Å². The maximum Gasteiger partial charge on any atom is 0.275 e. The molecule has 0 bridgehead atoms. The van der Waals surface area contributed by atoms with Gasteiger partial charge in [-0.25, -0.2) is 4.98 Å². The van der Waals surface area contributed by atoms with Crippen molar-refractivity contribution in [1.29, 1.82) is 0 Å². The maximum atomic E-state index is 12.7. The lowest BCUT2D eigenvalue weighted by molar-refractivity contribution is 0.252. The zero-order valence-corrected chi connectivity index (χ0v) is 18.3. The van der Waals surface area contributed by atoms with Crippen LogP contribution in [0.4, 0.5) is 17.3 Å². The minimum absolute atomic E-state index is 0.150. The molecule has 32 heavy (non-hydrogen) atoms. The maximum absolute atomic E-state index is 12.7. The molecule has 0 amide bonds. The SMILES string of the molecule is NC(N)=NCCCCCN1CCN(c2cnc(N=C3Cc4ccccc4N3)[nH]c2=O)CC1. The van der Waals surface area contributed by atoms with Gasteiger partial charge < -0.3 is 21.7 Å². The van der Waals surface area contributed by atoms with E-state index in [0.717, 1.165) is 63.5 Å². The fourth-order valence-corrected chi connectivity index (χ4v) is 4.08. The van der Waals surface area contributed by atoms with Crippen molar-refractivity contribution in [1.82, 2.24) is 14.9 Å². The van der Waals surface area contributed by atoms with Crippen LogP contribution < -0.4 is 27.2 Å². The third kappa shape index (κ3) is 5.64. The van der Waals surface area contributed by atoms with Gasteiger partial charge in [-0.3, -0.25) is 19.7 Å². The Morgan fingerprint density at radius 1 is 1.09 bits per heavy atom. The highest BCUT2D eigenvalue weighted by atomic mass is 16.1. The van der Waals surface area contributed by atoms with E-state index in [-0.39, 0.29) is 11.5 Å². The molecule has 10 nitrogen and oxygen atoms in total. The van der Waals surface area contributed by atoms with Crippen LogP contribution in [-0.2, 0) is 6.42 Å². The quantitative estimate of drug-likeness (QED) is 0.275. The number of hydrogen-bond acceptors (Lipinski definition) is 6. The van der Waals surface area contributed by atoms with Gasteiger partial charge in [0.05, 0.1) is 6.20 Å². The molecule has 0 saturated carbocycles. The lowest BCUT2D eigenvalue weighted by Gasteiger charge is -2.35. The van der Waals surface area contributed by atoms with Crippen molar-refractivity contribution < 1.29 is 0 Å². The fourth-order valence-electron chi connectivity index (χ4n) is 4.08. The van der Waals surface area contributed by atoms with Crippen LogP contribution in [0.3, 0.4) is 0 Å². The number of H-pyrrole nitrogens is 1. The summed E-state index contributed by atoms with van der Waals surface area (Å²) >= 11 is 0. The summed E-state index contributed by atoms with van der Waals surface area (Å²) < 4.78 is 0. The predicted molar refractivity (Wildman–Crippen MR) is 129 cm³/mol. The van der Waals surface area contributed by atoms with Gasteiger partial charge in [0.15, 0.2) is 5.96 Å². The Bertz CT molecular complexity index is 1010. The highest BCUT2D eigenvalue weighted by Gasteiger charge is 2.20. The molecule has 4 rings (SSSR count). The Hall–Kier alpha value is -3.40. The normalized spacial score (nSPS) is 17.2. The number of para-hydroxylation sites is 1. The second kappa shape index (κ2) is 10.3. The summed E-state index contributed by atoms with van der Waals surface area (Å²) in [5, 5.41) is 3.27. The van der Waals surface area contributed by atoms with Crippen LogP contribution in [-0.4, -0.2) is 65.9 Å². The molecule has 1 aromatic heterocycles. The molecule has 1 fully saturated rings. The van der Waals surface area contributed by atoms with Crippen LogP contribution in [0.2, 0.25) is 0 Å². The summed E-state index contributed by atoms with van der Waals surface area (Å²) in [5.74, 6) is 1.27. The number of anilines is 2. The molecule has 0 spiro atoms. The third-order valence-electron chi connectivity index (χ3n) is 5.80. The van der Waals surface area contributed by atoms with E-state index >= 15 is 0 Å². The summed E-state index contributed by atoms with van der Waals surface area (Å²) in [6, 6.07) is 8.08. The number of guanidine groups is 1. The van der Waals surface area contributed by atoms with Crippen molar-refractivity contribution in [3.05, 3.63) is 46.4 Å². The van der Waals surface area contributed by atoms with Gasteiger partial charge in [0.1, 0.15) is 11.5 Å². The van der Waals surface area contributed by atoms with E-state index in [0.29, 0.717) is 24.6 Å². The summed E-state index contributed by atoms with van der Waals surface area (Å²) in [6.45, 7) is 5.22. The van der Waals surface area contributed by atoms with Crippen LogP contribution in [0.5, 0.6) is 0 Å². The Labute approximate surface area is 187 Å². The lowest BCUT2D eigenvalue weighted by atomic mass is 10.2. The van der Waals surface area contributed by atoms with Gasteiger partial charge in [-0.15, -0.1) is 0 Å². The fraction of sp³-hybridized carbons (Fsp3) is 0.455. The number of nitrogens with one attached hydrogen (secondary N) is 2. The number of aliphatic imine (C=N–C) groups is 2. The second-order valence-electron chi connectivity index (χ2n) is 8.13. The first-order valence-electron chi connectivity index (χ1n) is 11.1. The molecular formula is C22H31N9O. The summed E-state index contributed by atoms with van der Waals surface area (Å²) in [4.78, 5) is 32.9. The van der Waals surface area contributed by atoms with Crippen LogP contribution in [0.15, 0.2) is 45.2 Å². The van der Waals surface area contributed by atoms with Crippen LogP contribution in [0.1, 0.15) is 24.8 Å². The van der Waals surface area contributed by atoms with E-state index in [2.05, 4.69) is 41.1 Å². The number of rotatable bonds is 8. The molecule has 0 aliphatic carbocycles. The molecule has 1 saturated heterocycles. The Morgan fingerprint density at radius 2 is 1.91 bits per heavy atom. The van der Waals surface area contributed by atoms with E-state index < -0.39 is 0 Å². The van der Waals surface area contributed by atoms with E-state index in [1.54, 1.807) is 6.20 Å². The minimum Gasteiger partial charge on any atom is -0.370 e. The topological polar surface area (TPSA) is 141 Å². The average molecular weight is 438 g/mol. The molecule has 3 heterocycles. The second-order valence-corrected chi connectivity index (χ2v) is 8.13. The molecule has 0 unspecified atom stereocenters. The van der Waals surface area contributed by atoms with E-state index in [4.69, 9.17) is 11.5 Å². The van der Waals surface area contributed by atoms with Crippen LogP contribution >= 0.6 is 0 Å². The number of nitrogens with two attached hydrogens (primary N) is 2. The van der Waals surface area contributed by atoms with E-state index in [1.165, 1.54) is 5.56 Å². The molecule has 170 valence electrons. The van der Waals surface area contributed by atoms with Gasteiger partial charge in [-0.1, -0.05) is 24.6 Å². The third-order valence-corrected chi connectivity index (χ3v) is 5.80. The standard InChI is InChI=1S/C22H31N9O/c23-21(24)25-8-4-1-5-9-30-10-12-31(13-11-30)18-15-26-22(29-20(18)32)28-19-14-16-6-2-3-7-17(16)27-19/h2-3,6-7,15H,1,4-5,8-14H2,(H4,23,24,25)(H2,26,27,28,29,32). The molecule has 1 aromatic carbocycles. The van der Waals surface area contributed by atoms with E-state index in [1.807, 2.05) is 18.2 Å². The molecule has 2 aliphatic rings. The first kappa shape index (κ1) is 21.8. The smallest absolute Gasteiger partial charge is 0.275 e. The van der Waals surface area contributed by atoms with Crippen LogP contribution in [0, 0.1) is 0 Å². The largest absolute Gasteiger partial charge is 0.370 e. The van der Waals surface area contributed by atoms with Gasteiger partial charge in [0, 0.05) is 44.8 Å². The van der Waals surface area contributed by atoms with Gasteiger partial charge >= 0.3 is 0 Å². The number of amidine groups is 1. The molecule has 10 heteroatoms. The van der Waals surface area contributed by atoms with Crippen molar-refractivity contribution in [2.45, 2.75) is 25.7 Å². The summed E-state index contributed by atoms with van der Waals surface area (Å²) in [5.41, 5.74) is 13.4. The molecule has 2 aliphatic heterocycles. The van der Waals surface area contributed by atoms with Crippen LogP contribution in [0.25, 0.3) is 0 Å². The zero-order valence-electron chi connectivity index (χ0n) is 18.3. The number of hydrogen-bond donors (Lipinski definition) is 4. The summed E-state index contributed by atoms with van der Waals surface area (Å²) in [7, 11) is 0. The first-order chi connectivity index (χ1) is 15.6. The Kier molecular flexibility index (Phi) is 7.00. The zero-order chi connectivity index (χ0) is 22.3. The number of benzene rings is 1. The number of fused-ring (bicyclic) bond motifs is 1. The van der Waals surface area contributed by atoms with E-state index in [9.17, 15) is 4.79 Å².